The second-order valence-corrected chi connectivity index (χ2v) is 6.89. The van der Waals surface area contributed by atoms with Gasteiger partial charge in [0.2, 0.25) is 0 Å². The number of dihydropyridines is 1. The summed E-state index contributed by atoms with van der Waals surface area (Å²) in [5, 5.41) is 3.04. The number of ether oxygens (including phenoxy) is 3. The number of nitrogens with one attached hydrogen (secondary N) is 1. The molecule has 2 heterocycles. The van der Waals surface area contributed by atoms with Gasteiger partial charge in [0, 0.05) is 17.0 Å². The van der Waals surface area contributed by atoms with Crippen molar-refractivity contribution in [2.24, 2.45) is 0 Å². The van der Waals surface area contributed by atoms with Crippen molar-refractivity contribution in [3.05, 3.63) is 70.3 Å². The van der Waals surface area contributed by atoms with Gasteiger partial charge in [-0.1, -0.05) is 12.1 Å². The van der Waals surface area contributed by atoms with Gasteiger partial charge in [0.05, 0.1) is 44.0 Å². The van der Waals surface area contributed by atoms with E-state index in [-0.39, 0.29) is 11.1 Å². The zero-order valence-electron chi connectivity index (χ0n) is 17.9. The molecule has 0 aliphatic carbocycles. The van der Waals surface area contributed by atoms with Gasteiger partial charge < -0.3 is 23.9 Å². The van der Waals surface area contributed by atoms with Crippen LogP contribution >= 0.6 is 0 Å². The summed E-state index contributed by atoms with van der Waals surface area (Å²) in [6, 6.07) is 10.1. The molecule has 3 rings (SSSR count). The number of carbonyl (C=O) groups is 3. The number of carbonyl (C=O) groups excluding carboxylic acids is 3. The van der Waals surface area contributed by atoms with Gasteiger partial charge in [-0.25, -0.2) is 14.4 Å². The molecule has 1 aliphatic rings. The lowest BCUT2D eigenvalue weighted by atomic mass is 9.83. The first-order valence-corrected chi connectivity index (χ1v) is 9.46. The molecule has 1 aliphatic heterocycles. The SMILES string of the molecule is COC(=O)C1=C(C)NC(C)=C(C(=O)OC)C1c1ccc(-c2ccc(C(=O)OC)cc2)o1. The minimum atomic E-state index is -0.802. The number of methoxy groups -OCH3 is 3. The van der Waals surface area contributed by atoms with Crippen molar-refractivity contribution in [1.29, 1.82) is 0 Å². The predicted octanol–water partition coefficient (Wildman–Crippen LogP) is 3.31. The fourth-order valence-corrected chi connectivity index (χ4v) is 3.59. The quantitative estimate of drug-likeness (QED) is 0.575. The number of hydrogen-bond acceptors (Lipinski definition) is 8. The third kappa shape index (κ3) is 4.09. The van der Waals surface area contributed by atoms with Gasteiger partial charge in [0.1, 0.15) is 11.5 Å². The van der Waals surface area contributed by atoms with E-state index in [0.29, 0.717) is 34.0 Å². The fourth-order valence-electron chi connectivity index (χ4n) is 3.59. The molecule has 0 saturated heterocycles. The molecule has 0 amide bonds. The molecule has 1 N–H and O–H groups in total. The standard InChI is InChI=1S/C23H23NO7/c1-12-18(22(26)29-4)20(19(13(2)24-12)23(27)30-5)17-11-10-16(31-17)14-6-8-15(9-7-14)21(25)28-3/h6-11,20,24H,1-5H3. The summed E-state index contributed by atoms with van der Waals surface area (Å²) < 4.78 is 20.7. The van der Waals surface area contributed by atoms with Crippen LogP contribution in [-0.2, 0) is 23.8 Å². The van der Waals surface area contributed by atoms with Crippen LogP contribution in [0.4, 0.5) is 0 Å². The molecule has 0 unspecified atom stereocenters. The van der Waals surface area contributed by atoms with Gasteiger partial charge in [-0.05, 0) is 38.1 Å². The first-order valence-electron chi connectivity index (χ1n) is 9.46. The molecule has 0 fully saturated rings. The molecule has 8 heteroatoms. The van der Waals surface area contributed by atoms with E-state index in [9.17, 15) is 14.4 Å². The Morgan fingerprint density at radius 1 is 0.774 bits per heavy atom. The number of hydrogen-bond donors (Lipinski definition) is 1. The van der Waals surface area contributed by atoms with E-state index in [0.717, 1.165) is 0 Å². The summed E-state index contributed by atoms with van der Waals surface area (Å²) in [7, 11) is 3.87. The summed E-state index contributed by atoms with van der Waals surface area (Å²) in [5.41, 5.74) is 2.76. The average molecular weight is 425 g/mol. The third-order valence-electron chi connectivity index (χ3n) is 5.07. The van der Waals surface area contributed by atoms with Gasteiger partial charge in [-0.2, -0.15) is 0 Å². The van der Waals surface area contributed by atoms with Crippen molar-refractivity contribution in [2.45, 2.75) is 19.8 Å². The van der Waals surface area contributed by atoms with Gasteiger partial charge in [0.25, 0.3) is 0 Å². The summed E-state index contributed by atoms with van der Waals surface area (Å²) in [5.74, 6) is -1.51. The highest BCUT2D eigenvalue weighted by atomic mass is 16.5. The van der Waals surface area contributed by atoms with Crippen molar-refractivity contribution in [1.82, 2.24) is 5.32 Å². The van der Waals surface area contributed by atoms with E-state index in [4.69, 9.17) is 18.6 Å². The highest BCUT2D eigenvalue weighted by molar-refractivity contribution is 5.99. The van der Waals surface area contributed by atoms with Crippen LogP contribution in [0, 0.1) is 0 Å². The Kier molecular flexibility index (Phi) is 6.29. The average Bonchev–Trinajstić information content (AvgIpc) is 3.27. The number of esters is 3. The molecule has 0 spiro atoms. The molecule has 1 aromatic carbocycles. The van der Waals surface area contributed by atoms with Crippen LogP contribution in [-0.4, -0.2) is 39.2 Å². The molecule has 2 aromatic rings. The molecule has 1 aromatic heterocycles. The lowest BCUT2D eigenvalue weighted by molar-refractivity contribution is -0.137. The molecule has 162 valence electrons. The van der Waals surface area contributed by atoms with E-state index in [1.807, 2.05) is 0 Å². The fraction of sp³-hybridized carbons (Fsp3) is 0.261. The van der Waals surface area contributed by atoms with Crippen LogP contribution in [0.3, 0.4) is 0 Å². The smallest absolute Gasteiger partial charge is 0.337 e. The van der Waals surface area contributed by atoms with Crippen LogP contribution in [0.2, 0.25) is 0 Å². The van der Waals surface area contributed by atoms with E-state index >= 15 is 0 Å². The second-order valence-electron chi connectivity index (χ2n) is 6.89. The summed E-state index contributed by atoms with van der Waals surface area (Å²) in [6.07, 6.45) is 0. The van der Waals surface area contributed by atoms with Crippen LogP contribution in [0.1, 0.15) is 35.9 Å². The number of furan rings is 1. The van der Waals surface area contributed by atoms with E-state index in [1.165, 1.54) is 21.3 Å². The summed E-state index contributed by atoms with van der Waals surface area (Å²) in [6.45, 7) is 3.46. The minimum absolute atomic E-state index is 0.260. The summed E-state index contributed by atoms with van der Waals surface area (Å²) >= 11 is 0. The monoisotopic (exact) mass is 425 g/mol. The van der Waals surface area contributed by atoms with Crippen molar-refractivity contribution in [3.8, 4) is 11.3 Å². The van der Waals surface area contributed by atoms with Crippen molar-refractivity contribution in [2.75, 3.05) is 21.3 Å². The molecular weight excluding hydrogens is 402 g/mol. The van der Waals surface area contributed by atoms with Gasteiger partial charge in [-0.15, -0.1) is 0 Å². The second kappa shape index (κ2) is 8.91. The van der Waals surface area contributed by atoms with Crippen molar-refractivity contribution < 1.29 is 33.0 Å². The Bertz CT molecular complexity index is 1050. The zero-order valence-corrected chi connectivity index (χ0v) is 17.9. The zero-order chi connectivity index (χ0) is 22.7. The Morgan fingerprint density at radius 3 is 1.77 bits per heavy atom. The highest BCUT2D eigenvalue weighted by Crippen LogP contribution is 2.41. The Morgan fingerprint density at radius 2 is 1.29 bits per heavy atom. The van der Waals surface area contributed by atoms with Crippen LogP contribution < -0.4 is 5.32 Å². The molecule has 0 bridgehead atoms. The topological polar surface area (TPSA) is 104 Å². The Hall–Kier alpha value is -3.81. The van der Waals surface area contributed by atoms with E-state index in [2.05, 4.69) is 5.32 Å². The van der Waals surface area contributed by atoms with Crippen molar-refractivity contribution >= 4 is 17.9 Å². The normalized spacial score (nSPS) is 14.2. The largest absolute Gasteiger partial charge is 0.466 e. The molecule has 8 nitrogen and oxygen atoms in total. The van der Waals surface area contributed by atoms with E-state index < -0.39 is 23.8 Å². The molecule has 0 radical (unpaired) electrons. The number of benzene rings is 1. The van der Waals surface area contributed by atoms with Crippen molar-refractivity contribution in [3.63, 3.8) is 0 Å². The third-order valence-corrected chi connectivity index (χ3v) is 5.07. The summed E-state index contributed by atoms with van der Waals surface area (Å²) in [4.78, 5) is 36.7. The van der Waals surface area contributed by atoms with Crippen LogP contribution in [0.5, 0.6) is 0 Å². The maximum absolute atomic E-state index is 12.6. The lowest BCUT2D eigenvalue weighted by Crippen LogP contribution is -2.31. The molecular formula is C23H23NO7. The highest BCUT2D eigenvalue weighted by Gasteiger charge is 2.39. The van der Waals surface area contributed by atoms with Gasteiger partial charge >= 0.3 is 17.9 Å². The van der Waals surface area contributed by atoms with Gasteiger partial charge in [-0.3, -0.25) is 0 Å². The Balaban J connectivity index is 2.07. The molecule has 0 atom stereocenters. The van der Waals surface area contributed by atoms with Crippen LogP contribution in [0.15, 0.2) is 63.4 Å². The van der Waals surface area contributed by atoms with E-state index in [1.54, 1.807) is 50.2 Å². The first-order chi connectivity index (χ1) is 14.8. The maximum Gasteiger partial charge on any atom is 0.337 e. The predicted molar refractivity (Wildman–Crippen MR) is 111 cm³/mol. The lowest BCUT2D eigenvalue weighted by Gasteiger charge is -2.28. The number of allylic oxidation sites excluding steroid dienone is 2. The minimum Gasteiger partial charge on any atom is -0.466 e. The maximum atomic E-state index is 12.6. The van der Waals surface area contributed by atoms with Crippen LogP contribution in [0.25, 0.3) is 11.3 Å². The molecule has 31 heavy (non-hydrogen) atoms. The molecule has 0 saturated carbocycles. The Labute approximate surface area is 179 Å². The van der Waals surface area contributed by atoms with Gasteiger partial charge in [0.15, 0.2) is 0 Å². The first kappa shape index (κ1) is 21.9. The number of rotatable bonds is 5.